The van der Waals surface area contributed by atoms with Gasteiger partial charge in [-0.1, -0.05) is 41.2 Å². The fourth-order valence-electron chi connectivity index (χ4n) is 2.21. The highest BCUT2D eigenvalue weighted by Crippen LogP contribution is 2.29. The fraction of sp³-hybridized carbons (Fsp3) is 0.222. The molecule has 2 aromatic carbocycles. The lowest BCUT2D eigenvalue weighted by Gasteiger charge is -2.14. The number of anilines is 1. The first-order valence-corrected chi connectivity index (χ1v) is 9.17. The van der Waals surface area contributed by atoms with Gasteiger partial charge in [-0.2, -0.15) is 0 Å². The van der Waals surface area contributed by atoms with Crippen LogP contribution in [0.3, 0.4) is 0 Å². The maximum Gasteiger partial charge on any atom is 0.238 e. The molecular formula is C18H18N2OS2. The van der Waals surface area contributed by atoms with E-state index in [0.29, 0.717) is 5.75 Å². The Morgan fingerprint density at radius 2 is 2.00 bits per heavy atom. The van der Waals surface area contributed by atoms with Gasteiger partial charge in [0.05, 0.1) is 16.0 Å². The van der Waals surface area contributed by atoms with Gasteiger partial charge in [-0.25, -0.2) is 4.98 Å². The van der Waals surface area contributed by atoms with Gasteiger partial charge in [-0.3, -0.25) is 9.69 Å². The number of carbonyl (C=O) groups excluding carboxylic acids is 1. The molecule has 3 nitrogen and oxygen atoms in total. The zero-order valence-corrected chi connectivity index (χ0v) is 15.0. The molecule has 0 atom stereocenters. The number of thioether (sulfide) groups is 1. The number of rotatable bonds is 4. The normalized spacial score (nSPS) is 10.9. The Hall–Kier alpha value is -1.85. The van der Waals surface area contributed by atoms with Crippen molar-refractivity contribution in [2.24, 2.45) is 0 Å². The molecule has 1 aromatic heterocycles. The van der Waals surface area contributed by atoms with Gasteiger partial charge in [0, 0.05) is 11.9 Å². The molecular weight excluding hydrogens is 324 g/mol. The van der Waals surface area contributed by atoms with Crippen LogP contribution in [0.2, 0.25) is 0 Å². The summed E-state index contributed by atoms with van der Waals surface area (Å²) in [5.41, 5.74) is 3.36. The lowest BCUT2D eigenvalue weighted by atomic mass is 10.2. The highest BCUT2D eigenvalue weighted by atomic mass is 32.2. The summed E-state index contributed by atoms with van der Waals surface area (Å²) in [5, 5.41) is 0.748. The predicted molar refractivity (Wildman–Crippen MR) is 99.7 cm³/mol. The van der Waals surface area contributed by atoms with Crippen molar-refractivity contribution in [3.63, 3.8) is 0 Å². The third-order valence-electron chi connectivity index (χ3n) is 3.64. The van der Waals surface area contributed by atoms with Crippen molar-refractivity contribution in [1.82, 2.24) is 4.98 Å². The van der Waals surface area contributed by atoms with Crippen LogP contribution in [0.4, 0.5) is 5.13 Å². The van der Waals surface area contributed by atoms with E-state index in [-0.39, 0.29) is 5.91 Å². The fourth-order valence-corrected chi connectivity index (χ4v) is 4.19. The summed E-state index contributed by atoms with van der Waals surface area (Å²) in [7, 11) is 1.80. The van der Waals surface area contributed by atoms with Crippen LogP contribution >= 0.6 is 23.1 Å². The van der Waals surface area contributed by atoms with Crippen LogP contribution in [0.1, 0.15) is 11.1 Å². The number of amides is 1. The number of hydrogen-bond donors (Lipinski definition) is 0. The van der Waals surface area contributed by atoms with Crippen molar-refractivity contribution in [1.29, 1.82) is 0 Å². The van der Waals surface area contributed by atoms with Crippen LogP contribution in [0, 0.1) is 13.8 Å². The first-order valence-electron chi connectivity index (χ1n) is 7.37. The quantitative estimate of drug-likeness (QED) is 0.646. The topological polar surface area (TPSA) is 33.2 Å². The molecule has 0 bridgehead atoms. The van der Waals surface area contributed by atoms with E-state index in [2.05, 4.69) is 37.0 Å². The lowest BCUT2D eigenvalue weighted by Crippen LogP contribution is -2.27. The smallest absolute Gasteiger partial charge is 0.238 e. The van der Waals surface area contributed by atoms with E-state index in [9.17, 15) is 4.79 Å². The number of aryl methyl sites for hydroxylation is 2. The number of carbonyl (C=O) groups is 1. The standard InChI is InChI=1S/C18H18N2OS2/c1-12-8-9-13(2)16(10-12)22-11-17(21)20(3)18-19-14-6-4-5-7-15(14)23-18/h4-10H,11H2,1-3H3. The Bertz CT molecular complexity index is 824. The predicted octanol–water partition coefficient (Wildman–Crippen LogP) is 4.67. The van der Waals surface area contributed by atoms with Crippen molar-refractivity contribution >= 4 is 44.4 Å². The first kappa shape index (κ1) is 16.0. The number of benzene rings is 2. The molecule has 0 fully saturated rings. The zero-order chi connectivity index (χ0) is 16.4. The molecule has 5 heteroatoms. The second-order valence-electron chi connectivity index (χ2n) is 5.47. The number of aromatic nitrogens is 1. The minimum Gasteiger partial charge on any atom is -0.291 e. The van der Waals surface area contributed by atoms with E-state index in [1.54, 1.807) is 35.0 Å². The SMILES string of the molecule is Cc1ccc(C)c(SCC(=O)N(C)c2nc3ccccc3s2)c1. The molecule has 0 aliphatic rings. The van der Waals surface area contributed by atoms with Gasteiger partial charge >= 0.3 is 0 Å². The largest absolute Gasteiger partial charge is 0.291 e. The molecule has 3 aromatic rings. The van der Waals surface area contributed by atoms with E-state index in [1.807, 2.05) is 24.3 Å². The lowest BCUT2D eigenvalue weighted by molar-refractivity contribution is -0.115. The molecule has 0 aliphatic carbocycles. The van der Waals surface area contributed by atoms with Gasteiger partial charge in [0.15, 0.2) is 5.13 Å². The summed E-state index contributed by atoms with van der Waals surface area (Å²) in [6, 6.07) is 14.3. The molecule has 1 heterocycles. The van der Waals surface area contributed by atoms with Gasteiger partial charge in [0.1, 0.15) is 0 Å². The summed E-state index contributed by atoms with van der Waals surface area (Å²) < 4.78 is 1.10. The number of thiazole rings is 1. The average Bonchev–Trinajstić information content (AvgIpc) is 2.98. The van der Waals surface area contributed by atoms with Gasteiger partial charge in [-0.05, 0) is 37.6 Å². The molecule has 0 aliphatic heterocycles. The summed E-state index contributed by atoms with van der Waals surface area (Å²) in [5.74, 6) is 0.478. The Kier molecular flexibility index (Phi) is 4.68. The van der Waals surface area contributed by atoms with Crippen LogP contribution < -0.4 is 4.90 Å². The van der Waals surface area contributed by atoms with E-state index in [0.717, 1.165) is 20.2 Å². The van der Waals surface area contributed by atoms with E-state index >= 15 is 0 Å². The molecule has 0 N–H and O–H groups in total. The molecule has 0 unspecified atom stereocenters. The Balaban J connectivity index is 1.71. The van der Waals surface area contributed by atoms with E-state index in [4.69, 9.17) is 0 Å². The second kappa shape index (κ2) is 6.72. The average molecular weight is 342 g/mol. The van der Waals surface area contributed by atoms with Gasteiger partial charge in [0.25, 0.3) is 0 Å². The van der Waals surface area contributed by atoms with Crippen LogP contribution in [0.25, 0.3) is 10.2 Å². The molecule has 3 rings (SSSR count). The number of hydrogen-bond acceptors (Lipinski definition) is 4. The molecule has 0 saturated carbocycles. The first-order chi connectivity index (χ1) is 11.0. The maximum absolute atomic E-state index is 12.5. The maximum atomic E-state index is 12.5. The number of fused-ring (bicyclic) bond motifs is 1. The van der Waals surface area contributed by atoms with Crippen molar-refractivity contribution in [3.05, 3.63) is 53.6 Å². The third kappa shape index (κ3) is 3.57. The molecule has 118 valence electrons. The number of para-hydroxylation sites is 1. The van der Waals surface area contributed by atoms with Crippen molar-refractivity contribution in [2.45, 2.75) is 18.7 Å². The van der Waals surface area contributed by atoms with Crippen molar-refractivity contribution < 1.29 is 4.79 Å². The number of nitrogens with zero attached hydrogens (tertiary/aromatic N) is 2. The Labute approximate surface area is 144 Å². The highest BCUT2D eigenvalue weighted by Gasteiger charge is 2.16. The summed E-state index contributed by atoms with van der Waals surface area (Å²) in [6.07, 6.45) is 0. The Morgan fingerprint density at radius 3 is 2.78 bits per heavy atom. The third-order valence-corrected chi connectivity index (χ3v) is 5.89. The summed E-state index contributed by atoms with van der Waals surface area (Å²) >= 11 is 3.13. The van der Waals surface area contributed by atoms with Gasteiger partial charge in [-0.15, -0.1) is 11.8 Å². The van der Waals surface area contributed by atoms with Crippen molar-refractivity contribution in [3.8, 4) is 0 Å². The summed E-state index contributed by atoms with van der Waals surface area (Å²) in [4.78, 5) is 19.8. The molecule has 1 amide bonds. The van der Waals surface area contributed by atoms with Crippen LogP contribution in [0.5, 0.6) is 0 Å². The molecule has 23 heavy (non-hydrogen) atoms. The monoisotopic (exact) mass is 342 g/mol. The minimum atomic E-state index is 0.0648. The molecule has 0 spiro atoms. The molecule has 0 radical (unpaired) electrons. The summed E-state index contributed by atoms with van der Waals surface area (Å²) in [6.45, 7) is 4.14. The van der Waals surface area contributed by atoms with E-state index in [1.165, 1.54) is 11.1 Å². The zero-order valence-electron chi connectivity index (χ0n) is 13.4. The van der Waals surface area contributed by atoms with Gasteiger partial charge < -0.3 is 0 Å². The molecule has 0 saturated heterocycles. The highest BCUT2D eigenvalue weighted by molar-refractivity contribution is 8.00. The van der Waals surface area contributed by atoms with Crippen molar-refractivity contribution in [2.75, 3.05) is 17.7 Å². The van der Waals surface area contributed by atoms with Crippen LogP contribution in [-0.4, -0.2) is 23.7 Å². The van der Waals surface area contributed by atoms with Gasteiger partial charge in [0.2, 0.25) is 5.91 Å². The van der Waals surface area contributed by atoms with Crippen LogP contribution in [0.15, 0.2) is 47.4 Å². The minimum absolute atomic E-state index is 0.0648. The Morgan fingerprint density at radius 1 is 1.22 bits per heavy atom. The van der Waals surface area contributed by atoms with E-state index < -0.39 is 0 Å². The second-order valence-corrected chi connectivity index (χ2v) is 7.50. The van der Waals surface area contributed by atoms with Crippen LogP contribution in [-0.2, 0) is 4.79 Å².